The van der Waals surface area contributed by atoms with Crippen molar-refractivity contribution in [2.75, 3.05) is 0 Å². The summed E-state index contributed by atoms with van der Waals surface area (Å²) in [5, 5.41) is 8.31. The van der Waals surface area contributed by atoms with Gasteiger partial charge >= 0.3 is 0 Å². The minimum absolute atomic E-state index is 0.994. The van der Waals surface area contributed by atoms with E-state index < -0.39 is 0 Å². The molecule has 1 aromatic carbocycles. The lowest BCUT2D eigenvalue weighted by molar-refractivity contribution is 0.886. The van der Waals surface area contributed by atoms with E-state index in [9.17, 15) is 0 Å². The molecule has 0 amide bonds. The van der Waals surface area contributed by atoms with Gasteiger partial charge in [-0.1, -0.05) is 51.5 Å². The molecule has 0 saturated heterocycles. The first-order valence-corrected chi connectivity index (χ1v) is 7.44. The van der Waals surface area contributed by atoms with Gasteiger partial charge in [-0.2, -0.15) is 5.10 Å². The third-order valence-corrected chi connectivity index (χ3v) is 3.40. The molecule has 3 rings (SSSR count). The number of aromatic amines is 2. The van der Waals surface area contributed by atoms with E-state index in [-0.39, 0.29) is 0 Å². The second-order valence-corrected chi connectivity index (χ2v) is 5.21. The van der Waals surface area contributed by atoms with Crippen molar-refractivity contribution >= 4 is 16.5 Å². The molecular weight excluding hydrogens is 258 g/mol. The maximum atomic E-state index is 4.08. The van der Waals surface area contributed by atoms with E-state index in [4.69, 9.17) is 0 Å². The topological polar surface area (TPSA) is 44.5 Å². The number of para-hydroxylation sites is 1. The molecule has 0 radical (unpaired) electrons. The van der Waals surface area contributed by atoms with E-state index in [0.29, 0.717) is 0 Å². The van der Waals surface area contributed by atoms with Gasteiger partial charge in [-0.15, -0.1) is 0 Å². The summed E-state index contributed by atoms with van der Waals surface area (Å²) < 4.78 is 0. The van der Waals surface area contributed by atoms with Crippen molar-refractivity contribution in [3.8, 4) is 11.4 Å². The third-order valence-electron chi connectivity index (χ3n) is 3.40. The molecule has 0 atom stereocenters. The van der Waals surface area contributed by atoms with E-state index in [1.807, 2.05) is 25.3 Å². The van der Waals surface area contributed by atoms with Crippen molar-refractivity contribution in [1.82, 2.24) is 15.2 Å². The molecule has 3 aromatic rings. The average molecular weight is 281 g/mol. The minimum atomic E-state index is 0.994. The Morgan fingerprint density at radius 3 is 2.52 bits per heavy atom. The summed E-state index contributed by atoms with van der Waals surface area (Å²) in [4.78, 5) is 3.38. The monoisotopic (exact) mass is 281 g/mol. The van der Waals surface area contributed by atoms with Crippen LogP contribution in [-0.4, -0.2) is 15.2 Å². The lowest BCUT2D eigenvalue weighted by atomic mass is 10.1. The highest BCUT2D eigenvalue weighted by atomic mass is 15.1. The highest BCUT2D eigenvalue weighted by Crippen LogP contribution is 2.27. The van der Waals surface area contributed by atoms with Gasteiger partial charge in [0.05, 0.1) is 17.6 Å². The van der Waals surface area contributed by atoms with E-state index >= 15 is 0 Å². The van der Waals surface area contributed by atoms with Crippen LogP contribution >= 0.6 is 0 Å². The van der Waals surface area contributed by atoms with Crippen molar-refractivity contribution < 1.29 is 0 Å². The molecule has 0 aliphatic heterocycles. The van der Waals surface area contributed by atoms with Crippen LogP contribution in [0.5, 0.6) is 0 Å². The van der Waals surface area contributed by atoms with E-state index in [1.54, 1.807) is 0 Å². The first kappa shape index (κ1) is 15.1. The molecule has 0 unspecified atom stereocenters. The van der Waals surface area contributed by atoms with Crippen LogP contribution in [0.3, 0.4) is 0 Å². The van der Waals surface area contributed by atoms with E-state index in [0.717, 1.165) is 28.0 Å². The standard InChI is InChI=1S/C14H13N3.C4H10/c1-9(2)11-8-15-17-14(11)13-7-10-5-3-4-6-12(10)16-13;1-3-4-2/h3-8,16H,1H2,2H3,(H,15,17);3-4H2,1-2H3. The lowest BCUT2D eigenvalue weighted by Gasteiger charge is -1.98. The van der Waals surface area contributed by atoms with Gasteiger partial charge in [0, 0.05) is 16.5 Å². The number of aromatic nitrogens is 3. The molecule has 2 heterocycles. The normalized spacial score (nSPS) is 10.2. The molecule has 0 fully saturated rings. The van der Waals surface area contributed by atoms with Crippen LogP contribution in [0.15, 0.2) is 43.1 Å². The number of rotatable bonds is 3. The second-order valence-electron chi connectivity index (χ2n) is 5.21. The van der Waals surface area contributed by atoms with Crippen LogP contribution in [0.4, 0.5) is 0 Å². The van der Waals surface area contributed by atoms with Gasteiger partial charge in [-0.25, -0.2) is 0 Å². The fourth-order valence-electron chi connectivity index (χ4n) is 2.02. The molecule has 110 valence electrons. The fraction of sp³-hybridized carbons (Fsp3) is 0.278. The molecular formula is C18H23N3. The molecule has 0 bridgehead atoms. The zero-order valence-electron chi connectivity index (χ0n) is 13.0. The predicted molar refractivity (Wildman–Crippen MR) is 91.2 cm³/mol. The van der Waals surface area contributed by atoms with Gasteiger partial charge in [0.15, 0.2) is 0 Å². The number of unbranched alkanes of at least 4 members (excludes halogenated alkanes) is 1. The molecule has 0 aliphatic carbocycles. The van der Waals surface area contributed by atoms with Gasteiger partial charge in [0.25, 0.3) is 0 Å². The van der Waals surface area contributed by atoms with Crippen LogP contribution in [-0.2, 0) is 0 Å². The third kappa shape index (κ3) is 3.43. The number of H-pyrrole nitrogens is 2. The Balaban J connectivity index is 0.000000361. The zero-order chi connectivity index (χ0) is 15.2. The smallest absolute Gasteiger partial charge is 0.0887 e. The Kier molecular flexibility index (Phi) is 4.99. The Morgan fingerprint density at radius 1 is 1.19 bits per heavy atom. The molecule has 0 spiro atoms. The Morgan fingerprint density at radius 2 is 1.90 bits per heavy atom. The molecule has 2 aromatic heterocycles. The Hall–Kier alpha value is -2.29. The van der Waals surface area contributed by atoms with E-state index in [2.05, 4.69) is 53.8 Å². The van der Waals surface area contributed by atoms with Gasteiger partial charge in [-0.3, -0.25) is 5.10 Å². The summed E-state index contributed by atoms with van der Waals surface area (Å²) in [5.41, 5.74) is 5.23. The van der Waals surface area contributed by atoms with Crippen molar-refractivity contribution in [2.24, 2.45) is 0 Å². The molecule has 21 heavy (non-hydrogen) atoms. The van der Waals surface area contributed by atoms with Crippen LogP contribution in [0.25, 0.3) is 27.9 Å². The maximum absolute atomic E-state index is 4.08. The predicted octanol–water partition coefficient (Wildman–Crippen LogP) is 5.40. The number of allylic oxidation sites excluding steroid dienone is 1. The molecule has 2 N–H and O–H groups in total. The first-order valence-electron chi connectivity index (χ1n) is 7.44. The van der Waals surface area contributed by atoms with Crippen LogP contribution in [0.1, 0.15) is 39.2 Å². The number of fused-ring (bicyclic) bond motifs is 1. The summed E-state index contributed by atoms with van der Waals surface area (Å²) in [5.74, 6) is 0. The molecule has 3 nitrogen and oxygen atoms in total. The SMILES string of the molecule is C=C(C)c1cn[nH]c1-c1cc2ccccc2[nH]1.CCCC. The molecule has 0 aliphatic rings. The van der Waals surface area contributed by atoms with E-state index in [1.165, 1.54) is 18.2 Å². The number of hydrogen-bond donors (Lipinski definition) is 2. The Labute approximate surface area is 126 Å². The number of hydrogen-bond acceptors (Lipinski definition) is 1. The summed E-state index contributed by atoms with van der Waals surface area (Å²) >= 11 is 0. The Bertz CT molecular complexity index is 684. The van der Waals surface area contributed by atoms with Crippen LogP contribution < -0.4 is 0 Å². The summed E-state index contributed by atoms with van der Waals surface area (Å²) in [6.45, 7) is 10.3. The fourth-order valence-corrected chi connectivity index (χ4v) is 2.02. The lowest BCUT2D eigenvalue weighted by Crippen LogP contribution is -1.82. The molecule has 3 heteroatoms. The number of nitrogens with one attached hydrogen (secondary N) is 2. The molecule has 0 saturated carbocycles. The van der Waals surface area contributed by atoms with Crippen molar-refractivity contribution in [3.63, 3.8) is 0 Å². The summed E-state index contributed by atoms with van der Waals surface area (Å²) in [6.07, 6.45) is 4.45. The highest BCUT2D eigenvalue weighted by molar-refractivity contribution is 5.87. The minimum Gasteiger partial charge on any atom is -0.353 e. The zero-order valence-corrected chi connectivity index (χ0v) is 13.0. The summed E-state index contributed by atoms with van der Waals surface area (Å²) in [6, 6.07) is 10.3. The van der Waals surface area contributed by atoms with Gasteiger partial charge in [0.1, 0.15) is 0 Å². The van der Waals surface area contributed by atoms with Crippen LogP contribution in [0.2, 0.25) is 0 Å². The van der Waals surface area contributed by atoms with Crippen molar-refractivity contribution in [1.29, 1.82) is 0 Å². The van der Waals surface area contributed by atoms with Crippen molar-refractivity contribution in [2.45, 2.75) is 33.6 Å². The largest absolute Gasteiger partial charge is 0.353 e. The van der Waals surface area contributed by atoms with Gasteiger partial charge in [0.2, 0.25) is 0 Å². The maximum Gasteiger partial charge on any atom is 0.0887 e. The average Bonchev–Trinajstić information content (AvgIpc) is 3.13. The van der Waals surface area contributed by atoms with Gasteiger partial charge < -0.3 is 4.98 Å². The highest BCUT2D eigenvalue weighted by Gasteiger charge is 2.10. The first-order chi connectivity index (χ1) is 10.2. The second kappa shape index (κ2) is 6.93. The van der Waals surface area contributed by atoms with Crippen molar-refractivity contribution in [3.05, 3.63) is 48.7 Å². The number of benzene rings is 1. The quantitative estimate of drug-likeness (QED) is 0.663. The summed E-state index contributed by atoms with van der Waals surface area (Å²) in [7, 11) is 0. The van der Waals surface area contributed by atoms with Crippen LogP contribution in [0, 0.1) is 0 Å². The van der Waals surface area contributed by atoms with Gasteiger partial charge in [-0.05, 0) is 24.6 Å². The number of nitrogens with zero attached hydrogens (tertiary/aromatic N) is 1.